The van der Waals surface area contributed by atoms with E-state index >= 15 is 0 Å². The first-order valence-corrected chi connectivity index (χ1v) is 7.71. The third-order valence-electron chi connectivity index (χ3n) is 3.85. The van der Waals surface area contributed by atoms with Crippen LogP contribution in [0.4, 0.5) is 17.5 Å². The van der Waals surface area contributed by atoms with Crippen molar-refractivity contribution in [3.63, 3.8) is 0 Å². The van der Waals surface area contributed by atoms with Crippen LogP contribution in [0.5, 0.6) is 5.75 Å². The van der Waals surface area contributed by atoms with Gasteiger partial charge in [-0.25, -0.2) is 9.97 Å². The van der Waals surface area contributed by atoms with E-state index in [-0.39, 0.29) is 0 Å². The number of hydrogen-bond donors (Lipinski definition) is 2. The van der Waals surface area contributed by atoms with Gasteiger partial charge in [0.1, 0.15) is 6.33 Å². The topological polar surface area (TPSA) is 79.0 Å². The molecule has 2 aromatic rings. The molecule has 0 atom stereocenters. The van der Waals surface area contributed by atoms with E-state index in [9.17, 15) is 0 Å². The molecule has 1 saturated heterocycles. The van der Waals surface area contributed by atoms with E-state index in [0.29, 0.717) is 11.6 Å². The number of aromatic amines is 1. The summed E-state index contributed by atoms with van der Waals surface area (Å²) in [5, 5.41) is 10.3. The zero-order valence-electron chi connectivity index (χ0n) is 13.1. The minimum atomic E-state index is 0.642. The lowest BCUT2D eigenvalue weighted by Gasteiger charge is -2.24. The Labute approximate surface area is 130 Å². The zero-order valence-corrected chi connectivity index (χ0v) is 13.1. The summed E-state index contributed by atoms with van der Waals surface area (Å²) in [4.78, 5) is 11.0. The summed E-state index contributed by atoms with van der Waals surface area (Å²) in [6.07, 6.45) is 6.51. The van der Waals surface area contributed by atoms with Gasteiger partial charge in [0.15, 0.2) is 17.5 Å². The highest BCUT2D eigenvalue weighted by molar-refractivity contribution is 5.68. The van der Waals surface area contributed by atoms with Crippen LogP contribution >= 0.6 is 0 Å². The molecule has 0 spiro atoms. The number of nitrogens with one attached hydrogen (secondary N) is 2. The SMILES string of the molecule is COc1c(Nc2cc(C)[nH]n2)ncnc1N1CCCCCC1. The fourth-order valence-corrected chi connectivity index (χ4v) is 2.75. The molecule has 0 bridgehead atoms. The first-order chi connectivity index (χ1) is 10.8. The number of ether oxygens (including phenoxy) is 1. The zero-order chi connectivity index (χ0) is 15.4. The third-order valence-corrected chi connectivity index (χ3v) is 3.85. The molecule has 22 heavy (non-hydrogen) atoms. The first-order valence-electron chi connectivity index (χ1n) is 7.71. The first kappa shape index (κ1) is 14.6. The van der Waals surface area contributed by atoms with Crippen LogP contribution in [0.2, 0.25) is 0 Å². The highest BCUT2D eigenvalue weighted by Crippen LogP contribution is 2.34. The summed E-state index contributed by atoms with van der Waals surface area (Å²) < 4.78 is 5.58. The van der Waals surface area contributed by atoms with Crippen LogP contribution in [0, 0.1) is 6.92 Å². The van der Waals surface area contributed by atoms with Crippen LogP contribution in [0.3, 0.4) is 0 Å². The molecule has 1 fully saturated rings. The Morgan fingerprint density at radius 2 is 1.95 bits per heavy atom. The second kappa shape index (κ2) is 6.64. The number of methoxy groups -OCH3 is 1. The molecule has 7 nitrogen and oxygen atoms in total. The van der Waals surface area contributed by atoms with Crippen molar-refractivity contribution in [2.75, 3.05) is 30.4 Å². The lowest BCUT2D eigenvalue weighted by atomic mass is 10.2. The molecular weight excluding hydrogens is 280 g/mol. The summed E-state index contributed by atoms with van der Waals surface area (Å²) in [5.74, 6) is 2.89. The van der Waals surface area contributed by atoms with Gasteiger partial charge >= 0.3 is 0 Å². The highest BCUT2D eigenvalue weighted by Gasteiger charge is 2.19. The quantitative estimate of drug-likeness (QED) is 0.904. The number of aryl methyl sites for hydroxylation is 1. The molecule has 0 radical (unpaired) electrons. The maximum atomic E-state index is 5.58. The van der Waals surface area contributed by atoms with Gasteiger partial charge in [-0.05, 0) is 19.8 Å². The molecule has 3 heterocycles. The predicted octanol–water partition coefficient (Wildman–Crippen LogP) is 2.64. The second-order valence-corrected chi connectivity index (χ2v) is 5.54. The highest BCUT2D eigenvalue weighted by atomic mass is 16.5. The maximum Gasteiger partial charge on any atom is 0.204 e. The Kier molecular flexibility index (Phi) is 4.41. The molecule has 3 rings (SSSR count). The molecule has 0 amide bonds. The molecule has 1 aliphatic rings. The van der Waals surface area contributed by atoms with Crippen LogP contribution in [0.15, 0.2) is 12.4 Å². The molecular formula is C15H22N6O. The smallest absolute Gasteiger partial charge is 0.204 e. The normalized spacial score (nSPS) is 15.5. The number of aromatic nitrogens is 4. The number of anilines is 3. The van der Waals surface area contributed by atoms with Gasteiger partial charge in [0.2, 0.25) is 5.75 Å². The van der Waals surface area contributed by atoms with Gasteiger partial charge in [-0.3, -0.25) is 5.10 Å². The average molecular weight is 302 g/mol. The van der Waals surface area contributed by atoms with Crippen LogP contribution in [-0.4, -0.2) is 40.4 Å². The van der Waals surface area contributed by atoms with E-state index in [4.69, 9.17) is 4.74 Å². The Bertz CT molecular complexity index is 618. The minimum Gasteiger partial charge on any atom is -0.490 e. The lowest BCUT2D eigenvalue weighted by molar-refractivity contribution is 0.412. The second-order valence-electron chi connectivity index (χ2n) is 5.54. The maximum absolute atomic E-state index is 5.58. The van der Waals surface area contributed by atoms with Gasteiger partial charge < -0.3 is 15.0 Å². The summed E-state index contributed by atoms with van der Waals surface area (Å²) >= 11 is 0. The van der Waals surface area contributed by atoms with Crippen molar-refractivity contribution in [1.29, 1.82) is 0 Å². The molecule has 0 aromatic carbocycles. The fraction of sp³-hybridized carbons (Fsp3) is 0.533. The summed E-state index contributed by atoms with van der Waals surface area (Å²) in [5.41, 5.74) is 0.989. The van der Waals surface area contributed by atoms with Gasteiger partial charge in [-0.15, -0.1) is 0 Å². The van der Waals surface area contributed by atoms with E-state index in [1.165, 1.54) is 25.7 Å². The molecule has 1 aliphatic heterocycles. The van der Waals surface area contributed by atoms with Crippen LogP contribution < -0.4 is 15.0 Å². The molecule has 118 valence electrons. The number of H-pyrrole nitrogens is 1. The lowest BCUT2D eigenvalue weighted by Crippen LogP contribution is -2.25. The van der Waals surface area contributed by atoms with Gasteiger partial charge in [0, 0.05) is 24.8 Å². The van der Waals surface area contributed by atoms with Crippen LogP contribution in [0.25, 0.3) is 0 Å². The summed E-state index contributed by atoms with van der Waals surface area (Å²) in [6, 6.07) is 1.92. The van der Waals surface area contributed by atoms with Crippen molar-refractivity contribution in [2.24, 2.45) is 0 Å². The molecule has 0 unspecified atom stereocenters. The van der Waals surface area contributed by atoms with Gasteiger partial charge in [-0.2, -0.15) is 5.10 Å². The number of nitrogens with zero attached hydrogens (tertiary/aromatic N) is 4. The van der Waals surface area contributed by atoms with E-state index in [0.717, 1.165) is 30.4 Å². The number of rotatable bonds is 4. The van der Waals surface area contributed by atoms with Gasteiger partial charge in [0.05, 0.1) is 7.11 Å². The minimum absolute atomic E-state index is 0.642. The number of hydrogen-bond acceptors (Lipinski definition) is 6. The van der Waals surface area contributed by atoms with Gasteiger partial charge in [0.25, 0.3) is 0 Å². The average Bonchev–Trinajstić information content (AvgIpc) is 2.78. The molecule has 0 aliphatic carbocycles. The van der Waals surface area contributed by atoms with Crippen molar-refractivity contribution in [2.45, 2.75) is 32.6 Å². The predicted molar refractivity (Wildman–Crippen MR) is 85.9 cm³/mol. The fourth-order valence-electron chi connectivity index (χ4n) is 2.75. The van der Waals surface area contributed by atoms with E-state index in [1.54, 1.807) is 13.4 Å². The molecule has 7 heteroatoms. The van der Waals surface area contributed by atoms with Gasteiger partial charge in [-0.1, -0.05) is 12.8 Å². The van der Waals surface area contributed by atoms with Crippen LogP contribution in [-0.2, 0) is 0 Å². The molecule has 2 aromatic heterocycles. The Balaban J connectivity index is 1.88. The van der Waals surface area contributed by atoms with Crippen LogP contribution in [0.1, 0.15) is 31.4 Å². The Morgan fingerprint density at radius 3 is 2.59 bits per heavy atom. The summed E-state index contributed by atoms with van der Waals surface area (Å²) in [6.45, 7) is 3.97. The summed E-state index contributed by atoms with van der Waals surface area (Å²) in [7, 11) is 1.65. The van der Waals surface area contributed by atoms with Crippen molar-refractivity contribution in [3.8, 4) is 5.75 Å². The van der Waals surface area contributed by atoms with Crippen molar-refractivity contribution in [1.82, 2.24) is 20.2 Å². The van der Waals surface area contributed by atoms with Crippen molar-refractivity contribution in [3.05, 3.63) is 18.1 Å². The Morgan fingerprint density at radius 1 is 1.18 bits per heavy atom. The standard InChI is InChI=1S/C15H22N6O/c1-11-9-12(20-19-11)18-14-13(22-2)15(17-10-16-14)21-7-5-3-4-6-8-21/h9-10H,3-8H2,1-2H3,(H2,16,17,18,19,20). The van der Waals surface area contributed by atoms with E-state index in [2.05, 4.69) is 30.4 Å². The van der Waals surface area contributed by atoms with Crippen molar-refractivity contribution >= 4 is 17.5 Å². The molecule has 0 saturated carbocycles. The van der Waals surface area contributed by atoms with Crippen molar-refractivity contribution < 1.29 is 4.74 Å². The van der Waals surface area contributed by atoms with E-state index < -0.39 is 0 Å². The van der Waals surface area contributed by atoms with E-state index in [1.807, 2.05) is 13.0 Å². The third kappa shape index (κ3) is 3.13. The Hall–Kier alpha value is -2.31. The monoisotopic (exact) mass is 302 g/mol. The molecule has 2 N–H and O–H groups in total. The largest absolute Gasteiger partial charge is 0.490 e.